The SMILES string of the molecule is CCOC(=O)CN1CCN/C1=C\C(=O)c1ccc(C)cc1. The van der Waals surface area contributed by atoms with Crippen molar-refractivity contribution in [2.24, 2.45) is 0 Å². The average Bonchev–Trinajstić information content (AvgIpc) is 2.87. The van der Waals surface area contributed by atoms with Gasteiger partial charge in [-0.05, 0) is 13.8 Å². The number of nitrogens with zero attached hydrogens (tertiary/aromatic N) is 1. The van der Waals surface area contributed by atoms with Gasteiger partial charge in [0.25, 0.3) is 0 Å². The summed E-state index contributed by atoms with van der Waals surface area (Å²) >= 11 is 0. The quantitative estimate of drug-likeness (QED) is 0.505. The van der Waals surface area contributed by atoms with Crippen LogP contribution in [0, 0.1) is 6.92 Å². The van der Waals surface area contributed by atoms with Gasteiger partial charge in [0.1, 0.15) is 12.4 Å². The summed E-state index contributed by atoms with van der Waals surface area (Å²) in [4.78, 5) is 25.6. The van der Waals surface area contributed by atoms with E-state index < -0.39 is 0 Å². The number of benzene rings is 1. The minimum atomic E-state index is -0.283. The summed E-state index contributed by atoms with van der Waals surface area (Å²) in [6.07, 6.45) is 1.54. The summed E-state index contributed by atoms with van der Waals surface area (Å²) in [5, 5.41) is 3.12. The first-order chi connectivity index (χ1) is 10.1. The molecule has 0 saturated carbocycles. The van der Waals surface area contributed by atoms with Crippen molar-refractivity contribution in [2.45, 2.75) is 13.8 Å². The normalized spacial score (nSPS) is 15.9. The van der Waals surface area contributed by atoms with Gasteiger partial charge < -0.3 is 15.0 Å². The maximum absolute atomic E-state index is 12.2. The van der Waals surface area contributed by atoms with Crippen LogP contribution in [0.1, 0.15) is 22.8 Å². The number of rotatable bonds is 5. The molecule has 0 atom stereocenters. The van der Waals surface area contributed by atoms with Crippen LogP contribution >= 0.6 is 0 Å². The third-order valence-corrected chi connectivity index (χ3v) is 3.26. The van der Waals surface area contributed by atoms with Gasteiger partial charge in [-0.15, -0.1) is 0 Å². The first-order valence-electron chi connectivity index (χ1n) is 7.07. The second-order valence-electron chi connectivity index (χ2n) is 4.91. The van der Waals surface area contributed by atoms with Crippen molar-refractivity contribution in [2.75, 3.05) is 26.2 Å². The van der Waals surface area contributed by atoms with Crippen LogP contribution in [-0.4, -0.2) is 42.9 Å². The summed E-state index contributed by atoms with van der Waals surface area (Å²) in [7, 11) is 0. The molecule has 0 aromatic heterocycles. The van der Waals surface area contributed by atoms with Crippen molar-refractivity contribution in [3.05, 3.63) is 47.3 Å². The maximum atomic E-state index is 12.2. The Morgan fingerprint density at radius 2 is 2.05 bits per heavy atom. The maximum Gasteiger partial charge on any atom is 0.325 e. The number of ether oxygens (including phenoxy) is 1. The number of hydrogen-bond donors (Lipinski definition) is 1. The molecule has 1 aliphatic rings. The van der Waals surface area contributed by atoms with Crippen molar-refractivity contribution in [1.29, 1.82) is 0 Å². The number of hydrogen-bond acceptors (Lipinski definition) is 5. The Bertz CT molecular complexity index is 549. The molecule has 5 heteroatoms. The van der Waals surface area contributed by atoms with E-state index in [2.05, 4.69) is 5.32 Å². The van der Waals surface area contributed by atoms with Crippen LogP contribution in [0.4, 0.5) is 0 Å². The van der Waals surface area contributed by atoms with Crippen LogP contribution < -0.4 is 5.32 Å². The van der Waals surface area contributed by atoms with Crippen molar-refractivity contribution in [3.8, 4) is 0 Å². The van der Waals surface area contributed by atoms with Crippen LogP contribution in [0.15, 0.2) is 36.2 Å². The summed E-state index contributed by atoms with van der Waals surface area (Å²) < 4.78 is 4.93. The fraction of sp³-hybridized carbons (Fsp3) is 0.375. The Kier molecular flexibility index (Phi) is 4.98. The number of aryl methyl sites for hydroxylation is 1. The topological polar surface area (TPSA) is 58.6 Å². The Hall–Kier alpha value is -2.30. The van der Waals surface area contributed by atoms with Crippen LogP contribution in [0.25, 0.3) is 0 Å². The van der Waals surface area contributed by atoms with Crippen LogP contribution in [0.2, 0.25) is 0 Å². The lowest BCUT2D eigenvalue weighted by atomic mass is 10.1. The van der Waals surface area contributed by atoms with E-state index >= 15 is 0 Å². The fourth-order valence-electron chi connectivity index (χ4n) is 2.15. The van der Waals surface area contributed by atoms with E-state index in [0.29, 0.717) is 31.1 Å². The smallest absolute Gasteiger partial charge is 0.325 e. The van der Waals surface area contributed by atoms with Gasteiger partial charge in [0.15, 0.2) is 5.78 Å². The van der Waals surface area contributed by atoms with Gasteiger partial charge in [-0.25, -0.2) is 0 Å². The van der Waals surface area contributed by atoms with E-state index in [9.17, 15) is 9.59 Å². The summed E-state index contributed by atoms with van der Waals surface area (Å²) in [5.74, 6) is 0.316. The minimum Gasteiger partial charge on any atom is -0.465 e. The van der Waals surface area contributed by atoms with Crippen molar-refractivity contribution < 1.29 is 14.3 Å². The van der Waals surface area contributed by atoms with E-state index in [0.717, 1.165) is 5.56 Å². The molecule has 5 nitrogen and oxygen atoms in total. The highest BCUT2D eigenvalue weighted by atomic mass is 16.5. The zero-order chi connectivity index (χ0) is 15.2. The molecule has 0 unspecified atom stereocenters. The molecule has 0 spiro atoms. The number of allylic oxidation sites excluding steroid dienone is 1. The summed E-state index contributed by atoms with van der Waals surface area (Å²) in [6.45, 7) is 5.68. The predicted molar refractivity (Wildman–Crippen MR) is 79.8 cm³/mol. The molecule has 1 aliphatic heterocycles. The molecule has 1 aromatic carbocycles. The van der Waals surface area contributed by atoms with Gasteiger partial charge in [0, 0.05) is 24.7 Å². The highest BCUT2D eigenvalue weighted by Gasteiger charge is 2.20. The minimum absolute atomic E-state index is 0.0757. The van der Waals surface area contributed by atoms with Gasteiger partial charge >= 0.3 is 5.97 Å². The molecular weight excluding hydrogens is 268 g/mol. The molecule has 1 fully saturated rings. The number of nitrogens with one attached hydrogen (secondary N) is 1. The van der Waals surface area contributed by atoms with Gasteiger partial charge in [-0.2, -0.15) is 0 Å². The van der Waals surface area contributed by atoms with E-state index in [4.69, 9.17) is 4.74 Å². The lowest BCUT2D eigenvalue weighted by Crippen LogP contribution is -2.29. The fourth-order valence-corrected chi connectivity index (χ4v) is 2.15. The highest BCUT2D eigenvalue weighted by Crippen LogP contribution is 2.11. The molecule has 0 aliphatic carbocycles. The van der Waals surface area contributed by atoms with E-state index in [1.54, 1.807) is 19.1 Å². The molecular formula is C16H20N2O3. The molecule has 1 N–H and O–H groups in total. The van der Waals surface area contributed by atoms with Gasteiger partial charge in [-0.3, -0.25) is 9.59 Å². The standard InChI is InChI=1S/C16H20N2O3/c1-3-21-16(20)11-18-9-8-17-15(18)10-14(19)13-6-4-12(2)5-7-13/h4-7,10,17H,3,8-9,11H2,1-2H3/b15-10+. The molecule has 0 radical (unpaired) electrons. The Morgan fingerprint density at radius 3 is 2.71 bits per heavy atom. The molecule has 1 saturated heterocycles. The first kappa shape index (κ1) is 15.1. The summed E-state index contributed by atoms with van der Waals surface area (Å²) in [6, 6.07) is 7.42. The third-order valence-electron chi connectivity index (χ3n) is 3.26. The molecule has 2 rings (SSSR count). The third kappa shape index (κ3) is 4.08. The lowest BCUT2D eigenvalue weighted by molar-refractivity contribution is -0.143. The lowest BCUT2D eigenvalue weighted by Gasteiger charge is -2.17. The Balaban J connectivity index is 2.06. The second-order valence-corrected chi connectivity index (χ2v) is 4.91. The van der Waals surface area contributed by atoms with Crippen molar-refractivity contribution in [1.82, 2.24) is 10.2 Å². The highest BCUT2D eigenvalue weighted by molar-refractivity contribution is 6.04. The number of esters is 1. The number of carbonyl (C=O) groups is 2. The molecule has 0 bridgehead atoms. The zero-order valence-electron chi connectivity index (χ0n) is 12.4. The van der Waals surface area contributed by atoms with Gasteiger partial charge in [0.2, 0.25) is 0 Å². The molecule has 1 heterocycles. The van der Waals surface area contributed by atoms with Crippen molar-refractivity contribution in [3.63, 3.8) is 0 Å². The van der Waals surface area contributed by atoms with Gasteiger partial charge in [0.05, 0.1) is 6.61 Å². The van der Waals surface area contributed by atoms with E-state index in [1.165, 1.54) is 6.08 Å². The number of carbonyl (C=O) groups excluding carboxylic acids is 2. The molecule has 21 heavy (non-hydrogen) atoms. The largest absolute Gasteiger partial charge is 0.465 e. The summed E-state index contributed by atoms with van der Waals surface area (Å²) in [5.41, 5.74) is 1.75. The second kappa shape index (κ2) is 6.92. The predicted octanol–water partition coefficient (Wildman–Crippen LogP) is 1.49. The Morgan fingerprint density at radius 1 is 1.33 bits per heavy atom. The van der Waals surface area contributed by atoms with E-state index in [-0.39, 0.29) is 18.3 Å². The average molecular weight is 288 g/mol. The van der Waals surface area contributed by atoms with Crippen LogP contribution in [0.5, 0.6) is 0 Å². The van der Waals surface area contributed by atoms with Gasteiger partial charge in [-0.1, -0.05) is 29.8 Å². The number of ketones is 1. The van der Waals surface area contributed by atoms with E-state index in [1.807, 2.05) is 24.0 Å². The zero-order valence-corrected chi connectivity index (χ0v) is 12.4. The van der Waals surface area contributed by atoms with Crippen molar-refractivity contribution >= 4 is 11.8 Å². The molecule has 1 aromatic rings. The molecule has 0 amide bonds. The van der Waals surface area contributed by atoms with Crippen LogP contribution in [0.3, 0.4) is 0 Å². The monoisotopic (exact) mass is 288 g/mol. The first-order valence-corrected chi connectivity index (χ1v) is 7.07. The Labute approximate surface area is 124 Å². The van der Waals surface area contributed by atoms with Crippen LogP contribution in [-0.2, 0) is 9.53 Å². The molecule has 112 valence electrons.